The first-order valence-corrected chi connectivity index (χ1v) is 8.71. The minimum atomic E-state index is -0.0533. The first-order chi connectivity index (χ1) is 10.3. The molecule has 3 heterocycles. The maximum Gasteiger partial charge on any atom is 0.258 e. The predicted molar refractivity (Wildman–Crippen MR) is 87.5 cm³/mol. The molecule has 108 valence electrons. The molecule has 0 aliphatic rings. The van der Waals surface area contributed by atoms with Crippen LogP contribution in [0.1, 0.15) is 5.69 Å². The van der Waals surface area contributed by atoms with E-state index in [0.717, 1.165) is 15.2 Å². The second-order valence-electron chi connectivity index (χ2n) is 3.97. The van der Waals surface area contributed by atoms with Gasteiger partial charge >= 0.3 is 0 Å². The van der Waals surface area contributed by atoms with E-state index in [9.17, 15) is 4.79 Å². The van der Waals surface area contributed by atoms with Gasteiger partial charge in [-0.2, -0.15) is 0 Å². The van der Waals surface area contributed by atoms with E-state index in [1.54, 1.807) is 22.7 Å². The van der Waals surface area contributed by atoms with Crippen molar-refractivity contribution in [3.05, 3.63) is 46.3 Å². The van der Waals surface area contributed by atoms with E-state index < -0.39 is 0 Å². The fourth-order valence-electron chi connectivity index (χ4n) is 1.60. The highest BCUT2D eigenvalue weighted by Crippen LogP contribution is 2.27. The largest absolute Gasteiger partial charge is 0.357 e. The second-order valence-corrected chi connectivity index (χ2v) is 7.05. The molecule has 6 nitrogen and oxygen atoms in total. The summed E-state index contributed by atoms with van der Waals surface area (Å²) in [7, 11) is 0. The molecule has 9 heteroatoms. The summed E-state index contributed by atoms with van der Waals surface area (Å²) in [6.45, 7) is 4.30. The third-order valence-corrected chi connectivity index (χ3v) is 5.31. The van der Waals surface area contributed by atoms with Gasteiger partial charge in [-0.25, -0.2) is 4.98 Å². The highest BCUT2D eigenvalue weighted by atomic mass is 32.2. The Bertz CT molecular complexity index is 822. The number of aromatic nitrogens is 4. The molecule has 0 aliphatic carbocycles. The lowest BCUT2D eigenvalue weighted by Gasteiger charge is -1.98. The molecule has 0 spiro atoms. The smallest absolute Gasteiger partial charge is 0.258 e. The molecule has 3 rings (SSSR count). The second kappa shape index (κ2) is 6.37. The van der Waals surface area contributed by atoms with Gasteiger partial charge < -0.3 is 5.32 Å². The lowest BCUT2D eigenvalue weighted by molar-refractivity contribution is 1.00. The summed E-state index contributed by atoms with van der Waals surface area (Å²) in [6, 6.07) is 1.56. The van der Waals surface area contributed by atoms with Gasteiger partial charge in [0, 0.05) is 29.9 Å². The van der Waals surface area contributed by atoms with Crippen molar-refractivity contribution in [3.63, 3.8) is 0 Å². The Kier molecular flexibility index (Phi) is 4.32. The van der Waals surface area contributed by atoms with E-state index >= 15 is 0 Å². The molecule has 0 saturated carbocycles. The molecule has 3 aromatic rings. The highest BCUT2D eigenvalue weighted by Gasteiger charge is 2.07. The van der Waals surface area contributed by atoms with E-state index in [1.807, 2.05) is 5.38 Å². The molecule has 0 unspecified atom stereocenters. The molecular weight excluding hydrogens is 326 g/mol. The van der Waals surface area contributed by atoms with Gasteiger partial charge in [-0.3, -0.25) is 9.20 Å². The molecule has 0 fully saturated rings. The van der Waals surface area contributed by atoms with Crippen molar-refractivity contribution >= 4 is 44.5 Å². The summed E-state index contributed by atoms with van der Waals surface area (Å²) < 4.78 is 2.39. The fraction of sp³-hybridized carbons (Fsp3) is 0.167. The molecule has 1 N–H and O–H groups in total. The van der Waals surface area contributed by atoms with Crippen LogP contribution in [0.2, 0.25) is 0 Å². The minimum absolute atomic E-state index is 0.0533. The van der Waals surface area contributed by atoms with Crippen molar-refractivity contribution < 1.29 is 0 Å². The van der Waals surface area contributed by atoms with Crippen LogP contribution in [0.3, 0.4) is 0 Å². The number of fused-ring (bicyclic) bond motifs is 1. The van der Waals surface area contributed by atoms with Crippen LogP contribution in [0.4, 0.5) is 5.13 Å². The minimum Gasteiger partial charge on any atom is -0.357 e. The molecular formula is C12H11N5OS3. The van der Waals surface area contributed by atoms with Crippen LogP contribution in [0, 0.1) is 0 Å². The lowest BCUT2D eigenvalue weighted by atomic mass is 10.4. The normalized spacial score (nSPS) is 10.9. The molecule has 0 saturated heterocycles. The van der Waals surface area contributed by atoms with Gasteiger partial charge in [-0.15, -0.1) is 28.1 Å². The topological polar surface area (TPSA) is 72.2 Å². The molecule has 0 radical (unpaired) electrons. The summed E-state index contributed by atoms with van der Waals surface area (Å²) >= 11 is 4.44. The predicted octanol–water partition coefficient (Wildman–Crippen LogP) is 2.50. The number of thioether (sulfide) groups is 1. The van der Waals surface area contributed by atoms with Gasteiger partial charge in [0.25, 0.3) is 5.56 Å². The van der Waals surface area contributed by atoms with Crippen molar-refractivity contribution in [2.45, 2.75) is 10.1 Å². The summed E-state index contributed by atoms with van der Waals surface area (Å²) in [5.41, 5.74) is 0.700. The maximum absolute atomic E-state index is 11.9. The SMILES string of the molecule is C=CCNc1nnc(SCc2cc(=O)n3ccsc3n2)s1. The molecule has 0 aliphatic heterocycles. The molecule has 3 aromatic heterocycles. The lowest BCUT2D eigenvalue weighted by Crippen LogP contribution is -2.12. The Labute approximate surface area is 132 Å². The molecule has 0 aromatic carbocycles. The zero-order valence-electron chi connectivity index (χ0n) is 10.9. The van der Waals surface area contributed by atoms with Crippen LogP contribution in [-0.2, 0) is 5.75 Å². The van der Waals surface area contributed by atoms with E-state index in [1.165, 1.54) is 34.4 Å². The fourth-order valence-corrected chi connectivity index (χ4v) is 3.99. The first-order valence-electron chi connectivity index (χ1n) is 6.03. The zero-order chi connectivity index (χ0) is 14.7. The standard InChI is InChI=1S/C12H11N5OS3/c1-2-3-13-10-15-16-12(21-10)20-7-8-6-9(18)17-4-5-19-11(17)14-8/h2,4-6H,1,3,7H2,(H,13,15). The zero-order valence-corrected chi connectivity index (χ0v) is 13.3. The third-order valence-electron chi connectivity index (χ3n) is 2.50. The number of hydrogen-bond donors (Lipinski definition) is 1. The third kappa shape index (κ3) is 3.31. The Hall–Kier alpha value is -1.71. The van der Waals surface area contributed by atoms with Gasteiger partial charge in [0.2, 0.25) is 5.13 Å². The van der Waals surface area contributed by atoms with E-state index in [0.29, 0.717) is 17.3 Å². The summed E-state index contributed by atoms with van der Waals surface area (Å²) in [5, 5.41) is 13.8. The first kappa shape index (κ1) is 14.2. The van der Waals surface area contributed by atoms with Crippen LogP contribution in [0.15, 0.2) is 39.4 Å². The summed E-state index contributed by atoms with van der Waals surface area (Å²) in [5.74, 6) is 0.597. The van der Waals surface area contributed by atoms with Crippen LogP contribution in [-0.4, -0.2) is 26.1 Å². The molecule has 0 atom stereocenters. The Balaban J connectivity index is 1.69. The highest BCUT2D eigenvalue weighted by molar-refractivity contribution is 8.00. The monoisotopic (exact) mass is 337 g/mol. The van der Waals surface area contributed by atoms with Gasteiger partial charge in [-0.05, 0) is 0 Å². The Morgan fingerprint density at radius 2 is 2.38 bits per heavy atom. The molecule has 0 bridgehead atoms. The van der Waals surface area contributed by atoms with Crippen molar-refractivity contribution in [3.8, 4) is 0 Å². The average Bonchev–Trinajstić information content (AvgIpc) is 3.12. The van der Waals surface area contributed by atoms with Gasteiger partial charge in [0.15, 0.2) is 9.30 Å². The molecule has 21 heavy (non-hydrogen) atoms. The molecule has 0 amide bonds. The Morgan fingerprint density at radius 1 is 1.48 bits per heavy atom. The number of thiazole rings is 1. The summed E-state index contributed by atoms with van der Waals surface area (Å²) in [4.78, 5) is 17.0. The van der Waals surface area contributed by atoms with Crippen molar-refractivity contribution in [2.75, 3.05) is 11.9 Å². The Morgan fingerprint density at radius 3 is 3.24 bits per heavy atom. The quantitative estimate of drug-likeness (QED) is 0.550. The van der Waals surface area contributed by atoms with Crippen LogP contribution in [0.25, 0.3) is 4.96 Å². The van der Waals surface area contributed by atoms with Crippen molar-refractivity contribution in [2.24, 2.45) is 0 Å². The number of rotatable bonds is 6. The average molecular weight is 337 g/mol. The van der Waals surface area contributed by atoms with E-state index in [2.05, 4.69) is 27.1 Å². The van der Waals surface area contributed by atoms with E-state index in [4.69, 9.17) is 0 Å². The van der Waals surface area contributed by atoms with Crippen LogP contribution >= 0.6 is 34.4 Å². The van der Waals surface area contributed by atoms with Crippen molar-refractivity contribution in [1.82, 2.24) is 19.6 Å². The summed E-state index contributed by atoms with van der Waals surface area (Å²) in [6.07, 6.45) is 3.50. The van der Waals surface area contributed by atoms with E-state index in [-0.39, 0.29) is 5.56 Å². The van der Waals surface area contributed by atoms with Gasteiger partial charge in [0.1, 0.15) is 0 Å². The number of nitrogens with zero attached hydrogens (tertiary/aromatic N) is 4. The van der Waals surface area contributed by atoms with Gasteiger partial charge in [0.05, 0.1) is 5.69 Å². The maximum atomic E-state index is 11.9. The van der Waals surface area contributed by atoms with Crippen LogP contribution in [0.5, 0.6) is 0 Å². The van der Waals surface area contributed by atoms with Crippen molar-refractivity contribution in [1.29, 1.82) is 0 Å². The number of nitrogens with one attached hydrogen (secondary N) is 1. The van der Waals surface area contributed by atoms with Crippen LogP contribution < -0.4 is 10.9 Å². The number of hydrogen-bond acceptors (Lipinski definition) is 8. The number of anilines is 1. The van der Waals surface area contributed by atoms with Gasteiger partial charge in [-0.1, -0.05) is 29.2 Å².